The Labute approximate surface area is 210 Å². The molecular formula is C29H29N5O2. The molecule has 0 bridgehead atoms. The van der Waals surface area contributed by atoms with Crippen LogP contribution in [0.1, 0.15) is 36.5 Å². The van der Waals surface area contributed by atoms with Crippen molar-refractivity contribution in [2.24, 2.45) is 5.92 Å². The molecule has 1 fully saturated rings. The number of likely N-dealkylation sites (tertiary alicyclic amines) is 1. The topological polar surface area (TPSA) is 67.2 Å². The SMILES string of the molecule is [C-]#[N+]c1ccc(-c2nc(OC[C@@H]3CCCN(C)C3)n3ccnc3c2-c2ccc3c(c2)C(O)CC3)cc1. The highest BCUT2D eigenvalue weighted by molar-refractivity contribution is 5.91. The van der Waals surface area contributed by atoms with Crippen LogP contribution < -0.4 is 4.74 Å². The van der Waals surface area contributed by atoms with Crippen molar-refractivity contribution in [1.82, 2.24) is 19.3 Å². The molecule has 6 rings (SSSR count). The van der Waals surface area contributed by atoms with Crippen molar-refractivity contribution in [2.75, 3.05) is 26.7 Å². The molecule has 2 aliphatic rings. The van der Waals surface area contributed by atoms with Crippen LogP contribution >= 0.6 is 0 Å². The molecule has 0 amide bonds. The fourth-order valence-electron chi connectivity index (χ4n) is 5.56. The molecule has 2 atom stereocenters. The van der Waals surface area contributed by atoms with E-state index in [2.05, 4.69) is 35.0 Å². The van der Waals surface area contributed by atoms with E-state index in [1.165, 1.54) is 12.0 Å². The molecule has 0 spiro atoms. The average Bonchev–Trinajstić information content (AvgIpc) is 3.54. The second-order valence-corrected chi connectivity index (χ2v) is 9.95. The van der Waals surface area contributed by atoms with E-state index in [0.717, 1.165) is 65.9 Å². The van der Waals surface area contributed by atoms with Gasteiger partial charge in [-0.25, -0.2) is 9.83 Å². The van der Waals surface area contributed by atoms with E-state index in [1.807, 2.05) is 34.9 Å². The molecule has 2 aromatic heterocycles. The molecule has 1 unspecified atom stereocenters. The Morgan fingerprint density at radius 2 is 1.97 bits per heavy atom. The highest BCUT2D eigenvalue weighted by Gasteiger charge is 2.25. The number of aliphatic hydroxyl groups is 1. The van der Waals surface area contributed by atoms with Crippen molar-refractivity contribution in [3.8, 4) is 28.4 Å². The second-order valence-electron chi connectivity index (χ2n) is 9.95. The normalized spacial score (nSPS) is 19.8. The number of hydrogen-bond acceptors (Lipinski definition) is 5. The lowest BCUT2D eigenvalue weighted by molar-refractivity contribution is 0.143. The minimum Gasteiger partial charge on any atom is -0.464 e. The van der Waals surface area contributed by atoms with Crippen LogP contribution in [0.5, 0.6) is 6.01 Å². The maximum atomic E-state index is 10.5. The van der Waals surface area contributed by atoms with Gasteiger partial charge in [-0.15, -0.1) is 0 Å². The summed E-state index contributed by atoms with van der Waals surface area (Å²) in [5, 5.41) is 10.5. The Hall–Kier alpha value is -3.73. The van der Waals surface area contributed by atoms with Crippen molar-refractivity contribution >= 4 is 11.3 Å². The molecule has 0 saturated carbocycles. The quantitative estimate of drug-likeness (QED) is 0.393. The highest BCUT2D eigenvalue weighted by atomic mass is 16.5. The first-order valence-electron chi connectivity index (χ1n) is 12.6. The van der Waals surface area contributed by atoms with Gasteiger partial charge in [-0.2, -0.15) is 4.98 Å². The van der Waals surface area contributed by atoms with E-state index in [1.54, 1.807) is 6.20 Å². The first kappa shape index (κ1) is 22.7. The fourth-order valence-corrected chi connectivity index (χ4v) is 5.56. The molecule has 2 aromatic carbocycles. The minimum absolute atomic E-state index is 0.443. The van der Waals surface area contributed by atoms with Crippen molar-refractivity contribution in [2.45, 2.75) is 31.8 Å². The average molecular weight is 480 g/mol. The number of aliphatic hydroxyl groups excluding tert-OH is 1. The summed E-state index contributed by atoms with van der Waals surface area (Å²) in [6.45, 7) is 10.1. The van der Waals surface area contributed by atoms with Gasteiger partial charge in [0.2, 0.25) is 0 Å². The summed E-state index contributed by atoms with van der Waals surface area (Å²) in [5.41, 5.74) is 7.02. The Morgan fingerprint density at radius 1 is 1.14 bits per heavy atom. The van der Waals surface area contributed by atoms with Crippen molar-refractivity contribution in [3.63, 3.8) is 0 Å². The number of piperidine rings is 1. The fraction of sp³-hybridized carbons (Fsp3) is 0.345. The van der Waals surface area contributed by atoms with Gasteiger partial charge < -0.3 is 14.7 Å². The summed E-state index contributed by atoms with van der Waals surface area (Å²) >= 11 is 0. The van der Waals surface area contributed by atoms with E-state index in [-0.39, 0.29) is 0 Å². The maximum Gasteiger partial charge on any atom is 0.302 e. The predicted octanol–water partition coefficient (Wildman–Crippen LogP) is 5.31. The van der Waals surface area contributed by atoms with Gasteiger partial charge in [-0.1, -0.05) is 36.4 Å². The van der Waals surface area contributed by atoms with Gasteiger partial charge >= 0.3 is 6.01 Å². The maximum absolute atomic E-state index is 10.5. The van der Waals surface area contributed by atoms with Gasteiger partial charge in [0.1, 0.15) is 0 Å². The summed E-state index contributed by atoms with van der Waals surface area (Å²) in [7, 11) is 2.16. The molecule has 182 valence electrons. The summed E-state index contributed by atoms with van der Waals surface area (Å²) < 4.78 is 8.27. The van der Waals surface area contributed by atoms with E-state index in [0.29, 0.717) is 24.2 Å². The standard InChI is InChI=1S/C29H29N5O2/c1-30-23-10-7-21(8-11-23)27-26(22-6-5-20-9-12-25(35)24(20)16-22)28-31-13-15-34(28)29(32-27)36-18-19-4-3-14-33(2)17-19/h5-8,10-11,13,15-16,19,25,35H,3-4,9,12,14,17-18H2,2H3/t19-,25?/m1/s1. The van der Waals surface area contributed by atoms with Crippen molar-refractivity contribution in [3.05, 3.63) is 77.4 Å². The summed E-state index contributed by atoms with van der Waals surface area (Å²) in [6, 6.07) is 14.3. The monoisotopic (exact) mass is 479 g/mol. The lowest BCUT2D eigenvalue weighted by Crippen LogP contribution is -2.35. The molecule has 0 radical (unpaired) electrons. The van der Waals surface area contributed by atoms with Gasteiger partial charge in [0.15, 0.2) is 11.3 Å². The number of aryl methyl sites for hydroxylation is 1. The van der Waals surface area contributed by atoms with E-state index >= 15 is 0 Å². The molecule has 36 heavy (non-hydrogen) atoms. The molecule has 1 N–H and O–H groups in total. The van der Waals surface area contributed by atoms with E-state index < -0.39 is 6.10 Å². The third-order valence-corrected chi connectivity index (χ3v) is 7.44. The second kappa shape index (κ2) is 9.38. The molecule has 3 heterocycles. The largest absolute Gasteiger partial charge is 0.464 e. The lowest BCUT2D eigenvalue weighted by Gasteiger charge is -2.29. The van der Waals surface area contributed by atoms with Crippen LogP contribution in [0, 0.1) is 12.5 Å². The molecule has 7 nitrogen and oxygen atoms in total. The smallest absolute Gasteiger partial charge is 0.302 e. The van der Waals surface area contributed by atoms with Gasteiger partial charge in [0.25, 0.3) is 0 Å². The third kappa shape index (κ3) is 4.13. The Kier molecular flexibility index (Phi) is 5.92. The van der Waals surface area contributed by atoms with Gasteiger partial charge in [0, 0.05) is 24.9 Å². The number of fused-ring (bicyclic) bond motifs is 2. The van der Waals surface area contributed by atoms with Crippen LogP contribution in [0.3, 0.4) is 0 Å². The van der Waals surface area contributed by atoms with Gasteiger partial charge in [0.05, 0.1) is 30.5 Å². The number of aromatic nitrogens is 3. The Balaban J connectivity index is 1.48. The first-order chi connectivity index (χ1) is 17.6. The third-order valence-electron chi connectivity index (χ3n) is 7.44. The van der Waals surface area contributed by atoms with E-state index in [4.69, 9.17) is 21.3 Å². The van der Waals surface area contributed by atoms with Crippen LogP contribution in [-0.4, -0.2) is 51.1 Å². The van der Waals surface area contributed by atoms with Crippen LogP contribution in [0.4, 0.5) is 5.69 Å². The van der Waals surface area contributed by atoms with Crippen LogP contribution in [0.15, 0.2) is 54.9 Å². The zero-order chi connectivity index (χ0) is 24.6. The van der Waals surface area contributed by atoms with Crippen LogP contribution in [-0.2, 0) is 6.42 Å². The first-order valence-corrected chi connectivity index (χ1v) is 12.6. The molecular weight excluding hydrogens is 450 g/mol. The van der Waals surface area contributed by atoms with Gasteiger partial charge in [-0.05, 0) is 67.6 Å². The number of hydrogen-bond donors (Lipinski definition) is 1. The zero-order valence-electron chi connectivity index (χ0n) is 20.4. The molecule has 4 aromatic rings. The lowest BCUT2D eigenvalue weighted by atomic mass is 9.96. The minimum atomic E-state index is -0.443. The summed E-state index contributed by atoms with van der Waals surface area (Å²) in [6.07, 6.45) is 7.20. The summed E-state index contributed by atoms with van der Waals surface area (Å²) in [4.78, 5) is 15.6. The molecule has 1 aliphatic heterocycles. The number of imidazole rings is 1. The zero-order valence-corrected chi connectivity index (χ0v) is 20.4. The number of nitrogens with zero attached hydrogens (tertiary/aromatic N) is 5. The predicted molar refractivity (Wildman–Crippen MR) is 139 cm³/mol. The van der Waals surface area contributed by atoms with Crippen molar-refractivity contribution < 1.29 is 9.84 Å². The number of benzene rings is 2. The molecule has 1 saturated heterocycles. The number of ether oxygens (including phenoxy) is 1. The van der Waals surface area contributed by atoms with E-state index in [9.17, 15) is 5.11 Å². The van der Waals surface area contributed by atoms with Crippen molar-refractivity contribution in [1.29, 1.82) is 0 Å². The van der Waals surface area contributed by atoms with Gasteiger partial charge in [-0.3, -0.25) is 4.40 Å². The summed E-state index contributed by atoms with van der Waals surface area (Å²) in [5.74, 6) is 0.461. The molecule has 1 aliphatic carbocycles. The Bertz CT molecular complexity index is 1450. The number of rotatable bonds is 5. The Morgan fingerprint density at radius 3 is 2.78 bits per heavy atom. The molecule has 7 heteroatoms. The highest BCUT2D eigenvalue weighted by Crippen LogP contribution is 2.40. The van der Waals surface area contributed by atoms with Crippen LogP contribution in [0.25, 0.3) is 32.9 Å². The van der Waals surface area contributed by atoms with Crippen LogP contribution in [0.2, 0.25) is 0 Å².